The maximum Gasteiger partial charge on any atom is 0.344 e. The van der Waals surface area contributed by atoms with Crippen molar-refractivity contribution in [1.82, 2.24) is 10.6 Å². The Morgan fingerprint density at radius 3 is 2.52 bits per heavy atom. The third kappa shape index (κ3) is 5.08. The van der Waals surface area contributed by atoms with Gasteiger partial charge in [-0.25, -0.2) is 9.59 Å². The summed E-state index contributed by atoms with van der Waals surface area (Å²) in [5.74, 6) is -0.134. The third-order valence-electron chi connectivity index (χ3n) is 3.00. The van der Waals surface area contributed by atoms with E-state index in [4.69, 9.17) is 14.2 Å². The molecule has 2 N–H and O–H groups in total. The van der Waals surface area contributed by atoms with Crippen LogP contribution in [-0.2, 0) is 14.3 Å². The van der Waals surface area contributed by atoms with Gasteiger partial charge >= 0.3 is 12.0 Å². The number of carbonyl (C=O) groups excluding carboxylic acids is 3. The number of hydrogen-bond donors (Lipinski definition) is 2. The van der Waals surface area contributed by atoms with E-state index >= 15 is 0 Å². The van der Waals surface area contributed by atoms with Crippen molar-refractivity contribution >= 4 is 46.6 Å². The minimum atomic E-state index is -0.564. The second-order valence-electron chi connectivity index (χ2n) is 4.82. The van der Waals surface area contributed by atoms with Gasteiger partial charge in [0, 0.05) is 0 Å². The second kappa shape index (κ2) is 8.70. The normalized spacial score (nSPS) is 14.9. The van der Waals surface area contributed by atoms with Gasteiger partial charge in [0.25, 0.3) is 5.91 Å². The van der Waals surface area contributed by atoms with E-state index in [-0.39, 0.29) is 18.9 Å². The Morgan fingerprint density at radius 1 is 1.16 bits per heavy atom. The highest BCUT2D eigenvalue weighted by molar-refractivity contribution is 14.1. The third-order valence-corrected chi connectivity index (χ3v) is 3.80. The van der Waals surface area contributed by atoms with E-state index in [1.54, 1.807) is 19.1 Å². The van der Waals surface area contributed by atoms with Crippen molar-refractivity contribution in [2.75, 3.05) is 19.8 Å². The van der Waals surface area contributed by atoms with Crippen LogP contribution in [0.5, 0.6) is 11.5 Å². The maximum atomic E-state index is 11.6. The standard InChI is InChI=1S/C16H17IN2O6/c1-3-23-12-7-9(6-11-15(21)19-16(22)18-11)5-10(17)14(12)25-8-13(20)24-4-2/h5-7H,3-4,8H2,1-2H3,(H2,18,19,21,22)/b11-6-. The van der Waals surface area contributed by atoms with Gasteiger partial charge in [0.05, 0.1) is 16.8 Å². The van der Waals surface area contributed by atoms with Crippen LogP contribution in [0.25, 0.3) is 6.08 Å². The maximum absolute atomic E-state index is 11.6. The molecule has 3 amide bonds. The zero-order valence-electron chi connectivity index (χ0n) is 13.7. The molecule has 1 fully saturated rings. The number of esters is 1. The van der Waals surface area contributed by atoms with Crippen molar-refractivity contribution in [3.05, 3.63) is 27.0 Å². The molecule has 0 spiro atoms. The van der Waals surface area contributed by atoms with Crippen molar-refractivity contribution in [3.8, 4) is 11.5 Å². The molecular formula is C16H17IN2O6. The molecule has 0 aromatic heterocycles. The van der Waals surface area contributed by atoms with E-state index < -0.39 is 17.9 Å². The number of ether oxygens (including phenoxy) is 3. The molecule has 134 valence electrons. The van der Waals surface area contributed by atoms with Crippen LogP contribution >= 0.6 is 22.6 Å². The van der Waals surface area contributed by atoms with Crippen LogP contribution in [0, 0.1) is 3.57 Å². The van der Waals surface area contributed by atoms with Crippen LogP contribution in [0.2, 0.25) is 0 Å². The molecule has 25 heavy (non-hydrogen) atoms. The zero-order valence-corrected chi connectivity index (χ0v) is 15.8. The molecule has 1 aromatic rings. The number of hydrogen-bond acceptors (Lipinski definition) is 6. The molecule has 8 nitrogen and oxygen atoms in total. The molecule has 0 radical (unpaired) electrons. The lowest BCUT2D eigenvalue weighted by atomic mass is 10.1. The molecular weight excluding hydrogens is 443 g/mol. The summed E-state index contributed by atoms with van der Waals surface area (Å²) >= 11 is 2.04. The molecule has 1 heterocycles. The predicted octanol–water partition coefficient (Wildman–Crippen LogP) is 1.81. The van der Waals surface area contributed by atoms with E-state index in [2.05, 4.69) is 10.6 Å². The van der Waals surface area contributed by atoms with Crippen LogP contribution in [0.4, 0.5) is 4.79 Å². The highest BCUT2D eigenvalue weighted by atomic mass is 127. The fraction of sp³-hybridized carbons (Fsp3) is 0.312. The van der Waals surface area contributed by atoms with Crippen LogP contribution in [-0.4, -0.2) is 37.7 Å². The summed E-state index contributed by atoms with van der Waals surface area (Å²) in [6.07, 6.45) is 1.53. The van der Waals surface area contributed by atoms with Crippen molar-refractivity contribution in [2.24, 2.45) is 0 Å². The Morgan fingerprint density at radius 2 is 1.92 bits per heavy atom. The Balaban J connectivity index is 2.27. The molecule has 1 aromatic carbocycles. The molecule has 0 bridgehead atoms. The highest BCUT2D eigenvalue weighted by Crippen LogP contribution is 2.35. The smallest absolute Gasteiger partial charge is 0.344 e. The fourth-order valence-corrected chi connectivity index (χ4v) is 2.84. The van der Waals surface area contributed by atoms with Crippen molar-refractivity contribution < 1.29 is 28.6 Å². The minimum absolute atomic E-state index is 0.142. The van der Waals surface area contributed by atoms with Gasteiger partial charge in [-0.15, -0.1) is 0 Å². The first-order valence-electron chi connectivity index (χ1n) is 7.53. The number of rotatable bonds is 7. The second-order valence-corrected chi connectivity index (χ2v) is 5.99. The van der Waals surface area contributed by atoms with Crippen LogP contribution in [0.15, 0.2) is 17.8 Å². The van der Waals surface area contributed by atoms with Crippen LogP contribution < -0.4 is 20.1 Å². The van der Waals surface area contributed by atoms with E-state index in [9.17, 15) is 14.4 Å². The zero-order chi connectivity index (χ0) is 18.4. The van der Waals surface area contributed by atoms with Crippen molar-refractivity contribution in [3.63, 3.8) is 0 Å². The quantitative estimate of drug-likeness (QED) is 0.279. The molecule has 1 saturated heterocycles. The lowest BCUT2D eigenvalue weighted by molar-refractivity contribution is -0.145. The molecule has 1 aliphatic rings. The van der Waals surface area contributed by atoms with Gasteiger partial charge in [-0.3, -0.25) is 10.1 Å². The topological polar surface area (TPSA) is 103 Å². The molecule has 0 unspecified atom stereocenters. The first-order valence-corrected chi connectivity index (χ1v) is 8.61. The summed E-state index contributed by atoms with van der Waals surface area (Å²) in [5, 5.41) is 4.55. The number of halogens is 1. The first-order chi connectivity index (χ1) is 11.9. The van der Waals surface area contributed by atoms with Crippen LogP contribution in [0.3, 0.4) is 0 Å². The van der Waals surface area contributed by atoms with Gasteiger partial charge in [0.15, 0.2) is 18.1 Å². The summed E-state index contributed by atoms with van der Waals surface area (Å²) in [4.78, 5) is 34.3. The molecule has 0 aliphatic carbocycles. The number of benzene rings is 1. The van der Waals surface area contributed by atoms with Gasteiger partial charge < -0.3 is 19.5 Å². The number of carbonyl (C=O) groups is 3. The first kappa shape index (κ1) is 19.0. The van der Waals surface area contributed by atoms with E-state index in [0.29, 0.717) is 27.2 Å². The van der Waals surface area contributed by atoms with Gasteiger partial charge in [0.1, 0.15) is 5.70 Å². The van der Waals surface area contributed by atoms with Gasteiger partial charge in [0.2, 0.25) is 0 Å². The summed E-state index contributed by atoms with van der Waals surface area (Å²) in [7, 11) is 0. The fourth-order valence-electron chi connectivity index (χ4n) is 2.06. The minimum Gasteiger partial charge on any atom is -0.490 e. The lowest BCUT2D eigenvalue weighted by Gasteiger charge is -2.14. The molecule has 0 saturated carbocycles. The Labute approximate surface area is 158 Å². The molecule has 0 atom stereocenters. The average molecular weight is 460 g/mol. The number of amides is 3. The highest BCUT2D eigenvalue weighted by Gasteiger charge is 2.23. The van der Waals surface area contributed by atoms with E-state index in [1.807, 2.05) is 29.5 Å². The largest absolute Gasteiger partial charge is 0.490 e. The monoisotopic (exact) mass is 460 g/mol. The number of urea groups is 1. The summed E-state index contributed by atoms with van der Waals surface area (Å²) < 4.78 is 16.6. The van der Waals surface area contributed by atoms with Gasteiger partial charge in [-0.05, 0) is 60.2 Å². The van der Waals surface area contributed by atoms with Gasteiger partial charge in [-0.1, -0.05) is 0 Å². The summed E-state index contributed by atoms with van der Waals surface area (Å²) in [5.41, 5.74) is 0.784. The molecule has 1 aliphatic heterocycles. The van der Waals surface area contributed by atoms with Gasteiger partial charge in [-0.2, -0.15) is 0 Å². The Hall–Kier alpha value is -2.30. The van der Waals surface area contributed by atoms with Crippen LogP contribution in [0.1, 0.15) is 19.4 Å². The SMILES string of the molecule is CCOC(=O)COc1c(I)cc(/C=C2\NC(=O)NC2=O)cc1OCC. The van der Waals surface area contributed by atoms with Crippen molar-refractivity contribution in [1.29, 1.82) is 0 Å². The lowest BCUT2D eigenvalue weighted by Crippen LogP contribution is -2.22. The Bertz CT molecular complexity index is 732. The van der Waals surface area contributed by atoms with E-state index in [1.165, 1.54) is 6.08 Å². The number of imide groups is 1. The predicted molar refractivity (Wildman–Crippen MR) is 97.1 cm³/mol. The molecule has 2 rings (SSSR count). The number of nitrogens with one attached hydrogen (secondary N) is 2. The molecule has 9 heteroatoms. The van der Waals surface area contributed by atoms with Crippen molar-refractivity contribution in [2.45, 2.75) is 13.8 Å². The summed E-state index contributed by atoms with van der Waals surface area (Å²) in [6, 6.07) is 2.84. The Kier molecular flexibility index (Phi) is 6.62. The average Bonchev–Trinajstić information content (AvgIpc) is 2.84. The van der Waals surface area contributed by atoms with E-state index in [0.717, 1.165) is 0 Å². The summed E-state index contributed by atoms with van der Waals surface area (Å²) in [6.45, 7) is 3.97.